The predicted octanol–water partition coefficient (Wildman–Crippen LogP) is 4.34. The summed E-state index contributed by atoms with van der Waals surface area (Å²) in [6.07, 6.45) is 2.37. The van der Waals surface area contributed by atoms with Crippen LogP contribution in [0.25, 0.3) is 0 Å². The number of nitrogens with zero attached hydrogens (tertiary/aromatic N) is 2. The smallest absolute Gasteiger partial charge is 0.255 e. The van der Waals surface area contributed by atoms with Gasteiger partial charge in [0.1, 0.15) is 0 Å². The molecule has 0 radical (unpaired) electrons. The second-order valence-corrected chi connectivity index (χ2v) is 8.60. The number of amides is 1. The van der Waals surface area contributed by atoms with E-state index in [-0.39, 0.29) is 11.7 Å². The summed E-state index contributed by atoms with van der Waals surface area (Å²) in [4.78, 5) is 24.6. The molecule has 0 atom stereocenters. The zero-order valence-electron chi connectivity index (χ0n) is 14.9. The van der Waals surface area contributed by atoms with Crippen LogP contribution in [0.5, 0.6) is 0 Å². The molecular weight excluding hydrogens is 392 g/mol. The fourth-order valence-electron chi connectivity index (χ4n) is 2.47. The lowest BCUT2D eigenvalue weighted by atomic mass is 10.1. The van der Waals surface area contributed by atoms with Crippen LogP contribution in [0, 0.1) is 0 Å². The van der Waals surface area contributed by atoms with Gasteiger partial charge >= 0.3 is 0 Å². The standard InChI is InChI=1S/C20H18N4O2S2/c25-17(12-27-20-24-23-19(28-20)22-16-10-11-16)13-6-8-15(9-7-13)21-18(26)14-4-2-1-3-5-14/h1-9,16H,10-12H2,(H,21,26)(H,22,23). The maximum atomic E-state index is 12.4. The SMILES string of the molecule is O=C(CSc1nnc(NC2CC2)s1)c1ccc(NC(=O)c2ccccc2)cc1. The minimum absolute atomic E-state index is 0.0119. The summed E-state index contributed by atoms with van der Waals surface area (Å²) in [5, 5.41) is 15.1. The minimum atomic E-state index is -0.179. The van der Waals surface area contributed by atoms with Gasteiger partial charge in [0.2, 0.25) is 5.13 Å². The molecule has 8 heteroatoms. The third-order valence-electron chi connectivity index (χ3n) is 4.14. The van der Waals surface area contributed by atoms with Crippen molar-refractivity contribution in [3.05, 3.63) is 65.7 Å². The Balaban J connectivity index is 1.29. The van der Waals surface area contributed by atoms with Gasteiger partial charge in [-0.3, -0.25) is 9.59 Å². The number of anilines is 2. The van der Waals surface area contributed by atoms with E-state index in [4.69, 9.17) is 0 Å². The van der Waals surface area contributed by atoms with Gasteiger partial charge in [-0.2, -0.15) is 0 Å². The van der Waals surface area contributed by atoms with Gasteiger partial charge in [0.05, 0.1) is 5.75 Å². The molecule has 2 aromatic carbocycles. The lowest BCUT2D eigenvalue weighted by Crippen LogP contribution is -2.11. The Bertz CT molecular complexity index is 969. The van der Waals surface area contributed by atoms with Crippen LogP contribution in [0.2, 0.25) is 0 Å². The van der Waals surface area contributed by atoms with Crippen LogP contribution in [-0.4, -0.2) is 33.7 Å². The highest BCUT2D eigenvalue weighted by Crippen LogP contribution is 2.30. The number of ketones is 1. The van der Waals surface area contributed by atoms with E-state index in [9.17, 15) is 9.59 Å². The van der Waals surface area contributed by atoms with Gasteiger partial charge in [-0.1, -0.05) is 41.3 Å². The quantitative estimate of drug-likeness (QED) is 0.425. The topological polar surface area (TPSA) is 84.0 Å². The first-order chi connectivity index (χ1) is 13.7. The molecule has 3 aromatic rings. The predicted molar refractivity (Wildman–Crippen MR) is 112 cm³/mol. The molecule has 1 aromatic heterocycles. The van der Waals surface area contributed by atoms with Crippen LogP contribution in [0.15, 0.2) is 58.9 Å². The van der Waals surface area contributed by atoms with Crippen molar-refractivity contribution in [3.63, 3.8) is 0 Å². The zero-order chi connectivity index (χ0) is 19.3. The van der Waals surface area contributed by atoms with Gasteiger partial charge in [0.25, 0.3) is 5.91 Å². The largest absolute Gasteiger partial charge is 0.357 e. The van der Waals surface area contributed by atoms with Crippen LogP contribution < -0.4 is 10.6 Å². The fraction of sp³-hybridized carbons (Fsp3) is 0.200. The number of hydrogen-bond acceptors (Lipinski definition) is 7. The molecule has 1 heterocycles. The number of hydrogen-bond donors (Lipinski definition) is 2. The van der Waals surface area contributed by atoms with E-state index in [0.717, 1.165) is 9.47 Å². The Morgan fingerprint density at radius 1 is 1.00 bits per heavy atom. The summed E-state index contributed by atoms with van der Waals surface area (Å²) in [5.41, 5.74) is 1.84. The summed E-state index contributed by atoms with van der Waals surface area (Å²) in [6.45, 7) is 0. The van der Waals surface area contributed by atoms with Crippen LogP contribution >= 0.6 is 23.1 Å². The molecule has 142 valence electrons. The second-order valence-electron chi connectivity index (χ2n) is 6.40. The van der Waals surface area contributed by atoms with Crippen molar-refractivity contribution < 1.29 is 9.59 Å². The van der Waals surface area contributed by atoms with Crippen LogP contribution in [0.3, 0.4) is 0 Å². The van der Waals surface area contributed by atoms with Crippen molar-refractivity contribution in [3.8, 4) is 0 Å². The summed E-state index contributed by atoms with van der Waals surface area (Å²) >= 11 is 2.86. The minimum Gasteiger partial charge on any atom is -0.357 e. The molecule has 1 fully saturated rings. The first-order valence-electron chi connectivity index (χ1n) is 8.90. The second kappa shape index (κ2) is 8.53. The van der Waals surface area contributed by atoms with E-state index in [1.807, 2.05) is 18.2 Å². The Morgan fingerprint density at radius 2 is 1.75 bits per heavy atom. The average Bonchev–Trinajstić information content (AvgIpc) is 3.43. The normalized spacial score (nSPS) is 13.1. The van der Waals surface area contributed by atoms with Crippen LogP contribution in [0.1, 0.15) is 33.6 Å². The molecule has 2 N–H and O–H groups in total. The Hall–Kier alpha value is -2.71. The van der Waals surface area contributed by atoms with Crippen molar-refractivity contribution in [2.24, 2.45) is 0 Å². The van der Waals surface area contributed by atoms with Gasteiger partial charge < -0.3 is 10.6 Å². The molecule has 28 heavy (non-hydrogen) atoms. The molecule has 1 aliphatic rings. The molecule has 0 aliphatic heterocycles. The number of Topliss-reactive ketones (excluding diaryl/α,β-unsaturated/α-hetero) is 1. The zero-order valence-corrected chi connectivity index (χ0v) is 16.6. The molecule has 6 nitrogen and oxygen atoms in total. The molecule has 1 amide bonds. The number of aromatic nitrogens is 2. The number of rotatable bonds is 8. The van der Waals surface area contributed by atoms with Crippen molar-refractivity contribution in [2.45, 2.75) is 23.2 Å². The van der Waals surface area contributed by atoms with Crippen LogP contribution in [0.4, 0.5) is 10.8 Å². The van der Waals surface area contributed by atoms with Gasteiger partial charge in [-0.15, -0.1) is 10.2 Å². The van der Waals surface area contributed by atoms with E-state index in [2.05, 4.69) is 20.8 Å². The van der Waals surface area contributed by atoms with E-state index >= 15 is 0 Å². The molecule has 1 aliphatic carbocycles. The van der Waals surface area contributed by atoms with Crippen molar-refractivity contribution >= 4 is 45.6 Å². The molecule has 0 spiro atoms. The first kappa shape index (κ1) is 18.6. The third kappa shape index (κ3) is 4.96. The lowest BCUT2D eigenvalue weighted by molar-refractivity contribution is 0.101. The highest BCUT2D eigenvalue weighted by Gasteiger charge is 2.22. The van der Waals surface area contributed by atoms with Gasteiger partial charge in [-0.25, -0.2) is 0 Å². The average molecular weight is 411 g/mol. The molecular formula is C20H18N4O2S2. The summed E-state index contributed by atoms with van der Waals surface area (Å²) in [5.74, 6) is 0.133. The van der Waals surface area contributed by atoms with E-state index < -0.39 is 0 Å². The summed E-state index contributed by atoms with van der Waals surface area (Å²) in [6, 6.07) is 16.5. The Kier molecular flexibility index (Phi) is 5.68. The summed E-state index contributed by atoms with van der Waals surface area (Å²) in [7, 11) is 0. The fourth-order valence-corrected chi connectivity index (χ4v) is 4.19. The molecule has 1 saturated carbocycles. The molecule has 4 rings (SSSR count). The highest BCUT2D eigenvalue weighted by atomic mass is 32.2. The lowest BCUT2D eigenvalue weighted by Gasteiger charge is -2.06. The maximum absolute atomic E-state index is 12.4. The van der Waals surface area contributed by atoms with Crippen molar-refractivity contribution in [1.29, 1.82) is 0 Å². The van der Waals surface area contributed by atoms with Crippen molar-refractivity contribution in [2.75, 3.05) is 16.4 Å². The maximum Gasteiger partial charge on any atom is 0.255 e. The Labute approximate surface area is 170 Å². The number of nitrogens with one attached hydrogen (secondary N) is 2. The molecule has 0 unspecified atom stereocenters. The van der Waals surface area contributed by atoms with Gasteiger partial charge in [0, 0.05) is 22.9 Å². The highest BCUT2D eigenvalue weighted by molar-refractivity contribution is 8.01. The van der Waals surface area contributed by atoms with E-state index in [1.165, 1.54) is 35.9 Å². The Morgan fingerprint density at radius 3 is 2.46 bits per heavy atom. The number of carbonyl (C=O) groups excluding carboxylic acids is 2. The van der Waals surface area contributed by atoms with E-state index in [0.29, 0.717) is 28.6 Å². The van der Waals surface area contributed by atoms with Crippen molar-refractivity contribution in [1.82, 2.24) is 10.2 Å². The van der Waals surface area contributed by atoms with Gasteiger partial charge in [-0.05, 0) is 49.2 Å². The third-order valence-corrected chi connectivity index (χ3v) is 6.13. The van der Waals surface area contributed by atoms with Gasteiger partial charge in [0.15, 0.2) is 10.1 Å². The van der Waals surface area contributed by atoms with E-state index in [1.54, 1.807) is 36.4 Å². The number of benzene rings is 2. The number of carbonyl (C=O) groups is 2. The monoisotopic (exact) mass is 410 g/mol. The number of thioether (sulfide) groups is 1. The molecule has 0 bridgehead atoms. The first-order valence-corrected chi connectivity index (χ1v) is 10.7. The molecule has 0 saturated heterocycles. The van der Waals surface area contributed by atoms with Crippen LogP contribution in [-0.2, 0) is 0 Å². The summed E-state index contributed by atoms with van der Waals surface area (Å²) < 4.78 is 0.781.